The summed E-state index contributed by atoms with van der Waals surface area (Å²) in [6, 6.07) is 8.15. The number of hydrogen-bond acceptors (Lipinski definition) is 3. The second kappa shape index (κ2) is 7.58. The van der Waals surface area contributed by atoms with Gasteiger partial charge >= 0.3 is 0 Å². The van der Waals surface area contributed by atoms with E-state index in [4.69, 9.17) is 5.73 Å². The zero-order valence-corrected chi connectivity index (χ0v) is 12.9. The van der Waals surface area contributed by atoms with Gasteiger partial charge in [-0.25, -0.2) is 0 Å². The number of carbonyl (C=O) groups excluding carboxylic acids is 1. The van der Waals surface area contributed by atoms with Crippen molar-refractivity contribution in [3.05, 3.63) is 29.8 Å². The van der Waals surface area contributed by atoms with Crippen molar-refractivity contribution >= 4 is 23.4 Å². The van der Waals surface area contributed by atoms with Crippen molar-refractivity contribution in [3.63, 3.8) is 0 Å². The predicted molar refractivity (Wildman–Crippen MR) is 86.9 cm³/mol. The molecule has 1 saturated carbocycles. The van der Waals surface area contributed by atoms with Crippen molar-refractivity contribution in [1.29, 1.82) is 0 Å². The lowest BCUT2D eigenvalue weighted by atomic mass is 10.1. The number of thioether (sulfide) groups is 1. The molecule has 0 bridgehead atoms. The van der Waals surface area contributed by atoms with Crippen LogP contribution in [-0.4, -0.2) is 23.0 Å². The smallest absolute Gasteiger partial charge is 0.220 e. The zero-order valence-electron chi connectivity index (χ0n) is 12.1. The molecule has 1 aliphatic rings. The molecule has 0 aliphatic heterocycles. The van der Waals surface area contributed by atoms with Gasteiger partial charge in [0.15, 0.2) is 0 Å². The molecule has 3 N–H and O–H groups in total. The SMILES string of the molecule is CCSC1CCC(NC(=O)CCc2cccc(N)c2)C1. The average Bonchev–Trinajstić information content (AvgIpc) is 2.84. The fourth-order valence-electron chi connectivity index (χ4n) is 2.76. The maximum Gasteiger partial charge on any atom is 0.220 e. The number of rotatable bonds is 6. The van der Waals surface area contributed by atoms with Crippen molar-refractivity contribution in [3.8, 4) is 0 Å². The minimum atomic E-state index is 0.166. The number of benzene rings is 1. The van der Waals surface area contributed by atoms with Crippen molar-refractivity contribution < 1.29 is 4.79 Å². The number of carbonyl (C=O) groups is 1. The van der Waals surface area contributed by atoms with Crippen LogP contribution in [0.25, 0.3) is 0 Å². The van der Waals surface area contributed by atoms with Crippen molar-refractivity contribution in [2.75, 3.05) is 11.5 Å². The number of amides is 1. The van der Waals surface area contributed by atoms with Crippen molar-refractivity contribution in [1.82, 2.24) is 5.32 Å². The van der Waals surface area contributed by atoms with Crippen LogP contribution in [0.1, 0.15) is 38.2 Å². The van der Waals surface area contributed by atoms with Gasteiger partial charge in [-0.2, -0.15) is 11.8 Å². The molecular formula is C16H24N2OS. The molecule has 3 nitrogen and oxygen atoms in total. The molecule has 20 heavy (non-hydrogen) atoms. The average molecular weight is 292 g/mol. The Bertz CT molecular complexity index is 450. The van der Waals surface area contributed by atoms with Gasteiger partial charge in [0.1, 0.15) is 0 Å². The number of nitrogens with one attached hydrogen (secondary N) is 1. The summed E-state index contributed by atoms with van der Waals surface area (Å²) in [7, 11) is 0. The van der Waals surface area contributed by atoms with Gasteiger partial charge in [-0.3, -0.25) is 4.79 Å². The van der Waals surface area contributed by atoms with E-state index in [0.717, 1.165) is 35.8 Å². The van der Waals surface area contributed by atoms with E-state index < -0.39 is 0 Å². The monoisotopic (exact) mass is 292 g/mol. The molecule has 0 radical (unpaired) electrons. The summed E-state index contributed by atoms with van der Waals surface area (Å²) < 4.78 is 0. The van der Waals surface area contributed by atoms with Crippen molar-refractivity contribution in [2.45, 2.75) is 50.3 Å². The molecule has 2 rings (SSSR count). The van der Waals surface area contributed by atoms with Crippen LogP contribution in [0.5, 0.6) is 0 Å². The summed E-state index contributed by atoms with van der Waals surface area (Å²) in [5.41, 5.74) is 7.63. The Hall–Kier alpha value is -1.16. The molecule has 1 amide bonds. The maximum absolute atomic E-state index is 12.0. The first-order valence-corrected chi connectivity index (χ1v) is 8.47. The first-order chi connectivity index (χ1) is 9.67. The molecule has 2 unspecified atom stereocenters. The first-order valence-electron chi connectivity index (χ1n) is 7.42. The van der Waals surface area contributed by atoms with Crippen molar-refractivity contribution in [2.24, 2.45) is 0 Å². The van der Waals surface area contributed by atoms with Gasteiger partial charge in [-0.05, 0) is 49.1 Å². The molecular weight excluding hydrogens is 268 g/mol. The summed E-state index contributed by atoms with van der Waals surface area (Å²) in [5.74, 6) is 1.33. The topological polar surface area (TPSA) is 55.1 Å². The fourth-order valence-corrected chi connectivity index (χ4v) is 3.91. The van der Waals surface area contributed by atoms with E-state index in [1.54, 1.807) is 0 Å². The van der Waals surface area contributed by atoms with E-state index in [-0.39, 0.29) is 5.91 Å². The molecule has 0 aromatic heterocycles. The Morgan fingerprint density at radius 3 is 3.05 bits per heavy atom. The standard InChI is InChI=1S/C16H24N2OS/c1-2-20-15-8-7-14(11-15)18-16(19)9-6-12-4-3-5-13(17)10-12/h3-5,10,14-15H,2,6-9,11,17H2,1H3,(H,18,19). The van der Waals surface area contributed by atoms with Crippen LogP contribution in [-0.2, 0) is 11.2 Å². The Morgan fingerprint density at radius 1 is 1.45 bits per heavy atom. The van der Waals surface area contributed by atoms with Gasteiger partial charge in [0.2, 0.25) is 5.91 Å². The van der Waals surface area contributed by atoms with Gasteiger partial charge in [0, 0.05) is 23.4 Å². The number of aryl methyl sites for hydroxylation is 1. The minimum absolute atomic E-state index is 0.166. The highest BCUT2D eigenvalue weighted by Gasteiger charge is 2.25. The van der Waals surface area contributed by atoms with Crippen LogP contribution < -0.4 is 11.1 Å². The summed E-state index contributed by atoms with van der Waals surface area (Å²) >= 11 is 2.02. The van der Waals surface area contributed by atoms with Gasteiger partial charge in [0.05, 0.1) is 0 Å². The lowest BCUT2D eigenvalue weighted by molar-refractivity contribution is -0.121. The van der Waals surface area contributed by atoms with Crippen LogP contribution in [0.15, 0.2) is 24.3 Å². The van der Waals surface area contributed by atoms with Crippen LogP contribution in [0.3, 0.4) is 0 Å². The molecule has 2 atom stereocenters. The van der Waals surface area contributed by atoms with Crippen LogP contribution in [0, 0.1) is 0 Å². The lowest BCUT2D eigenvalue weighted by Gasteiger charge is -2.13. The van der Waals surface area contributed by atoms with Crippen LogP contribution >= 0.6 is 11.8 Å². The summed E-state index contributed by atoms with van der Waals surface area (Å²) in [6.45, 7) is 2.20. The molecule has 110 valence electrons. The number of nitrogen functional groups attached to an aromatic ring is 1. The Kier molecular flexibility index (Phi) is 5.77. The van der Waals surface area contributed by atoms with Crippen LogP contribution in [0.4, 0.5) is 5.69 Å². The third-order valence-corrected chi connectivity index (χ3v) is 4.98. The number of anilines is 1. The maximum atomic E-state index is 12.0. The Labute approximate surface area is 125 Å². The number of hydrogen-bond donors (Lipinski definition) is 2. The molecule has 1 fully saturated rings. The molecule has 1 aliphatic carbocycles. The largest absolute Gasteiger partial charge is 0.399 e. The van der Waals surface area contributed by atoms with E-state index in [1.807, 2.05) is 36.0 Å². The zero-order chi connectivity index (χ0) is 14.4. The van der Waals surface area contributed by atoms with Gasteiger partial charge in [-0.15, -0.1) is 0 Å². The molecule has 0 heterocycles. The lowest BCUT2D eigenvalue weighted by Crippen LogP contribution is -2.33. The highest BCUT2D eigenvalue weighted by molar-refractivity contribution is 7.99. The van der Waals surface area contributed by atoms with E-state index in [1.165, 1.54) is 12.2 Å². The van der Waals surface area contributed by atoms with Gasteiger partial charge in [-0.1, -0.05) is 19.1 Å². The Balaban J connectivity index is 1.71. The predicted octanol–water partition coefficient (Wildman–Crippen LogP) is 2.99. The molecule has 0 saturated heterocycles. The molecule has 4 heteroatoms. The van der Waals surface area contributed by atoms with E-state index in [2.05, 4.69) is 12.2 Å². The van der Waals surface area contributed by atoms with Gasteiger partial charge in [0.25, 0.3) is 0 Å². The third-order valence-electron chi connectivity index (χ3n) is 3.74. The quantitative estimate of drug-likeness (QED) is 0.793. The van der Waals surface area contributed by atoms with Gasteiger partial charge < -0.3 is 11.1 Å². The number of nitrogens with two attached hydrogens (primary N) is 1. The second-order valence-corrected chi connectivity index (χ2v) is 6.98. The molecule has 1 aromatic carbocycles. The normalized spacial score (nSPS) is 21.9. The molecule has 1 aromatic rings. The second-order valence-electron chi connectivity index (χ2n) is 5.40. The Morgan fingerprint density at radius 2 is 2.30 bits per heavy atom. The van der Waals surface area contributed by atoms with E-state index in [9.17, 15) is 4.79 Å². The minimum Gasteiger partial charge on any atom is -0.399 e. The van der Waals surface area contributed by atoms with E-state index >= 15 is 0 Å². The van der Waals surface area contributed by atoms with Crippen LogP contribution in [0.2, 0.25) is 0 Å². The fraction of sp³-hybridized carbons (Fsp3) is 0.562. The summed E-state index contributed by atoms with van der Waals surface area (Å²) in [4.78, 5) is 12.0. The summed E-state index contributed by atoms with van der Waals surface area (Å²) in [5, 5.41) is 3.90. The highest BCUT2D eigenvalue weighted by Crippen LogP contribution is 2.29. The first kappa shape index (κ1) is 15.2. The highest BCUT2D eigenvalue weighted by atomic mass is 32.2. The summed E-state index contributed by atoms with van der Waals surface area (Å²) in [6.07, 6.45) is 4.80. The molecule has 0 spiro atoms. The third kappa shape index (κ3) is 4.75. The van der Waals surface area contributed by atoms with E-state index in [0.29, 0.717) is 12.5 Å².